The summed E-state index contributed by atoms with van der Waals surface area (Å²) in [4.78, 5) is 35.8. The fourth-order valence-electron chi connectivity index (χ4n) is 2.08. The molecule has 0 saturated carbocycles. The monoisotopic (exact) mass is 316 g/mol. The van der Waals surface area contributed by atoms with Gasteiger partial charge in [-0.15, -0.1) is 0 Å². The van der Waals surface area contributed by atoms with E-state index >= 15 is 0 Å². The highest BCUT2D eigenvalue weighted by atomic mass is 16.5. The molecule has 2 amide bonds. The Morgan fingerprint density at radius 1 is 1.17 bits per heavy atom. The number of carbonyl (C=O) groups is 3. The highest BCUT2D eigenvalue weighted by Gasteiger charge is 2.29. The molecule has 0 saturated heterocycles. The van der Waals surface area contributed by atoms with Gasteiger partial charge in [-0.05, 0) is 26.0 Å². The number of hydrogen-bond acceptors (Lipinski definition) is 5. The third-order valence-corrected chi connectivity index (χ3v) is 3.07. The van der Waals surface area contributed by atoms with Crippen molar-refractivity contribution in [3.8, 4) is 0 Å². The zero-order valence-electron chi connectivity index (χ0n) is 12.7. The number of esters is 1. The Morgan fingerprint density at radius 2 is 1.83 bits per heavy atom. The Balaban J connectivity index is 2.39. The number of benzene rings is 1. The minimum absolute atomic E-state index is 0.0808. The summed E-state index contributed by atoms with van der Waals surface area (Å²) in [6, 6.07) is 8.35. The smallest absolute Gasteiger partial charge is 0.342 e. The largest absolute Gasteiger partial charge is 0.462 e. The number of aryl methyl sites for hydroxylation is 1. The molecule has 0 spiro atoms. The van der Waals surface area contributed by atoms with Crippen molar-refractivity contribution in [2.45, 2.75) is 13.8 Å². The van der Waals surface area contributed by atoms with Gasteiger partial charge in [0.25, 0.3) is 11.8 Å². The maximum atomic E-state index is 12.2. The Hall–Kier alpha value is -3.09. The lowest BCUT2D eigenvalue weighted by Crippen LogP contribution is -2.20. The average Bonchev–Trinajstić information content (AvgIpc) is 2.84. The lowest BCUT2D eigenvalue weighted by molar-refractivity contribution is 0.0521. The fraction of sp³-hybridized carbons (Fsp3) is 0.188. The van der Waals surface area contributed by atoms with Gasteiger partial charge in [-0.3, -0.25) is 14.9 Å². The van der Waals surface area contributed by atoms with Gasteiger partial charge >= 0.3 is 5.97 Å². The second kappa shape index (κ2) is 6.78. The molecule has 1 heterocycles. The predicted molar refractivity (Wildman–Crippen MR) is 82.3 cm³/mol. The molecule has 1 aromatic carbocycles. The highest BCUT2D eigenvalue weighted by molar-refractivity contribution is 6.12. The number of carbonyl (C=O) groups excluding carboxylic acids is 3. The van der Waals surface area contributed by atoms with Gasteiger partial charge in [-0.2, -0.15) is 0 Å². The molecule has 3 N–H and O–H groups in total. The molecule has 23 heavy (non-hydrogen) atoms. The Morgan fingerprint density at radius 3 is 2.39 bits per heavy atom. The quantitative estimate of drug-likeness (QED) is 0.821. The van der Waals surface area contributed by atoms with Gasteiger partial charge in [0, 0.05) is 5.56 Å². The van der Waals surface area contributed by atoms with E-state index in [0.717, 1.165) is 0 Å². The van der Waals surface area contributed by atoms with Gasteiger partial charge < -0.3 is 14.9 Å². The summed E-state index contributed by atoms with van der Waals surface area (Å²) >= 11 is 0. The fourth-order valence-corrected chi connectivity index (χ4v) is 2.08. The normalized spacial score (nSPS) is 10.2. The molecular formula is C16H16N2O5. The Kier molecular flexibility index (Phi) is 4.80. The zero-order chi connectivity index (χ0) is 17.0. The molecule has 1 aromatic heterocycles. The number of hydrogen-bond donors (Lipinski definition) is 2. The maximum absolute atomic E-state index is 12.2. The van der Waals surface area contributed by atoms with Crippen LogP contribution in [0.2, 0.25) is 0 Å². The third kappa shape index (κ3) is 3.39. The number of nitrogens with one attached hydrogen (secondary N) is 1. The molecule has 0 fully saturated rings. The van der Waals surface area contributed by atoms with Crippen molar-refractivity contribution >= 4 is 23.7 Å². The lowest BCUT2D eigenvalue weighted by Gasteiger charge is -2.04. The lowest BCUT2D eigenvalue weighted by atomic mass is 10.1. The van der Waals surface area contributed by atoms with Crippen LogP contribution < -0.4 is 11.1 Å². The summed E-state index contributed by atoms with van der Waals surface area (Å²) in [5, 5.41) is 2.45. The van der Waals surface area contributed by atoms with Crippen molar-refractivity contribution in [2.24, 2.45) is 5.73 Å². The summed E-state index contributed by atoms with van der Waals surface area (Å²) in [5.74, 6) is -2.15. The molecule has 0 aliphatic carbocycles. The number of furan rings is 1. The summed E-state index contributed by atoms with van der Waals surface area (Å²) in [5.41, 5.74) is 5.40. The van der Waals surface area contributed by atoms with Crippen LogP contribution in [0.4, 0.5) is 5.88 Å². The van der Waals surface area contributed by atoms with Gasteiger partial charge in [-0.25, -0.2) is 4.79 Å². The molecule has 120 valence electrons. The van der Waals surface area contributed by atoms with Crippen LogP contribution in [0, 0.1) is 6.92 Å². The van der Waals surface area contributed by atoms with Crippen LogP contribution in [0.1, 0.15) is 43.8 Å². The van der Waals surface area contributed by atoms with Gasteiger partial charge in [0.05, 0.1) is 6.61 Å². The number of rotatable bonds is 5. The summed E-state index contributed by atoms with van der Waals surface area (Å²) in [7, 11) is 0. The summed E-state index contributed by atoms with van der Waals surface area (Å²) in [6.07, 6.45) is 0. The molecule has 0 bridgehead atoms. The molecule has 0 aliphatic heterocycles. The molecule has 2 rings (SSSR count). The molecule has 0 unspecified atom stereocenters. The molecule has 7 heteroatoms. The highest BCUT2D eigenvalue weighted by Crippen LogP contribution is 2.28. The van der Waals surface area contributed by atoms with Gasteiger partial charge in [0.1, 0.15) is 16.9 Å². The average molecular weight is 316 g/mol. The van der Waals surface area contributed by atoms with Crippen LogP contribution in [-0.4, -0.2) is 24.4 Å². The number of amides is 2. The van der Waals surface area contributed by atoms with Crippen molar-refractivity contribution in [2.75, 3.05) is 11.9 Å². The van der Waals surface area contributed by atoms with E-state index in [1.807, 2.05) is 0 Å². The molecule has 7 nitrogen and oxygen atoms in total. The maximum Gasteiger partial charge on any atom is 0.342 e. The van der Waals surface area contributed by atoms with Crippen LogP contribution in [0.3, 0.4) is 0 Å². The van der Waals surface area contributed by atoms with E-state index in [2.05, 4.69) is 5.32 Å². The van der Waals surface area contributed by atoms with E-state index in [0.29, 0.717) is 5.56 Å². The number of nitrogens with two attached hydrogens (primary N) is 1. The van der Waals surface area contributed by atoms with Crippen molar-refractivity contribution in [3.05, 3.63) is 52.8 Å². The number of anilines is 1. The number of primary amides is 1. The van der Waals surface area contributed by atoms with Crippen LogP contribution in [0.5, 0.6) is 0 Å². The Bertz CT molecular complexity index is 749. The third-order valence-electron chi connectivity index (χ3n) is 3.07. The van der Waals surface area contributed by atoms with Crippen molar-refractivity contribution in [3.63, 3.8) is 0 Å². The first kappa shape index (κ1) is 16.3. The first-order valence-corrected chi connectivity index (χ1v) is 6.92. The number of ether oxygens (including phenoxy) is 1. The molecule has 0 atom stereocenters. The minimum atomic E-state index is -0.895. The summed E-state index contributed by atoms with van der Waals surface area (Å²) < 4.78 is 10.2. The Labute approximate surface area is 132 Å². The standard InChI is InChI=1S/C16H16N2O5/c1-3-22-16(21)11-9(2)23-15(12(11)13(17)19)18-14(20)10-7-5-4-6-8-10/h4-8H,3H2,1-2H3,(H2,17,19)(H,18,20). The zero-order valence-corrected chi connectivity index (χ0v) is 12.7. The van der Waals surface area contributed by atoms with Crippen LogP contribution in [-0.2, 0) is 4.74 Å². The van der Waals surface area contributed by atoms with E-state index in [-0.39, 0.29) is 29.4 Å². The van der Waals surface area contributed by atoms with Crippen LogP contribution >= 0.6 is 0 Å². The van der Waals surface area contributed by atoms with Gasteiger partial charge in [0.15, 0.2) is 0 Å². The van der Waals surface area contributed by atoms with E-state index in [1.165, 1.54) is 6.92 Å². The van der Waals surface area contributed by atoms with E-state index < -0.39 is 17.8 Å². The van der Waals surface area contributed by atoms with Crippen LogP contribution in [0.25, 0.3) is 0 Å². The molecule has 2 aromatic rings. The predicted octanol–water partition coefficient (Wildman–Crippen LogP) is 2.12. The SMILES string of the molecule is CCOC(=O)c1c(C)oc(NC(=O)c2ccccc2)c1C(N)=O. The molecule has 0 aliphatic rings. The van der Waals surface area contributed by atoms with Crippen molar-refractivity contribution < 1.29 is 23.5 Å². The van der Waals surface area contributed by atoms with Crippen molar-refractivity contribution in [1.29, 1.82) is 0 Å². The minimum Gasteiger partial charge on any atom is -0.462 e. The van der Waals surface area contributed by atoms with Gasteiger partial charge in [0.2, 0.25) is 5.88 Å². The van der Waals surface area contributed by atoms with E-state index in [9.17, 15) is 14.4 Å². The van der Waals surface area contributed by atoms with Crippen LogP contribution in [0.15, 0.2) is 34.7 Å². The second-order valence-corrected chi connectivity index (χ2v) is 4.64. The topological polar surface area (TPSA) is 112 Å². The first-order chi connectivity index (χ1) is 11.0. The second-order valence-electron chi connectivity index (χ2n) is 4.64. The first-order valence-electron chi connectivity index (χ1n) is 6.92. The summed E-state index contributed by atoms with van der Waals surface area (Å²) in [6.45, 7) is 3.25. The molecule has 0 radical (unpaired) electrons. The van der Waals surface area contributed by atoms with E-state index in [4.69, 9.17) is 14.9 Å². The van der Waals surface area contributed by atoms with E-state index in [1.54, 1.807) is 37.3 Å². The molecular weight excluding hydrogens is 300 g/mol. The van der Waals surface area contributed by atoms with Gasteiger partial charge in [-0.1, -0.05) is 18.2 Å². The van der Waals surface area contributed by atoms with Crippen molar-refractivity contribution in [1.82, 2.24) is 0 Å².